The smallest absolute Gasteiger partial charge is 0.264 e. The monoisotopic (exact) mass is 675 g/mol. The lowest BCUT2D eigenvalue weighted by molar-refractivity contribution is -0.140. The molecule has 0 aliphatic rings. The molecule has 1 N–H and O–H groups in total. The Morgan fingerprint density at radius 1 is 0.854 bits per heavy atom. The first-order valence-corrected chi connectivity index (χ1v) is 17.0. The normalized spacial score (nSPS) is 11.9. The van der Waals surface area contributed by atoms with Gasteiger partial charge in [-0.15, -0.1) is 0 Å². The Balaban J connectivity index is 1.83. The Morgan fingerprint density at radius 3 is 2.12 bits per heavy atom. The highest BCUT2D eigenvalue weighted by Gasteiger charge is 2.35. The predicted octanol–water partition coefficient (Wildman–Crippen LogP) is 5.76. The molecule has 0 bridgehead atoms. The second kappa shape index (κ2) is 16.3. The molecule has 0 aliphatic carbocycles. The second-order valence-electron chi connectivity index (χ2n) is 11.8. The van der Waals surface area contributed by atoms with Gasteiger partial charge in [0, 0.05) is 25.6 Å². The fourth-order valence-corrected chi connectivity index (χ4v) is 6.62. The highest BCUT2D eigenvalue weighted by molar-refractivity contribution is 7.92. The van der Waals surface area contributed by atoms with E-state index in [-0.39, 0.29) is 41.1 Å². The Bertz CT molecular complexity index is 1800. The van der Waals surface area contributed by atoms with Crippen molar-refractivity contribution in [1.82, 2.24) is 10.2 Å². The summed E-state index contributed by atoms with van der Waals surface area (Å²) in [6.07, 6.45) is 0.196. The van der Waals surface area contributed by atoms with Crippen LogP contribution in [0.2, 0.25) is 0 Å². The molecular weight excluding hydrogens is 633 g/mol. The molecule has 9 nitrogen and oxygen atoms in total. The van der Waals surface area contributed by atoms with Crippen LogP contribution in [0.1, 0.15) is 30.5 Å². The van der Waals surface area contributed by atoms with E-state index >= 15 is 0 Å². The van der Waals surface area contributed by atoms with E-state index < -0.39 is 34.3 Å². The summed E-state index contributed by atoms with van der Waals surface area (Å²) < 4.78 is 54.2. The van der Waals surface area contributed by atoms with E-state index in [1.165, 1.54) is 49.5 Å². The van der Waals surface area contributed by atoms with E-state index in [2.05, 4.69) is 5.32 Å². The molecule has 4 aromatic rings. The van der Waals surface area contributed by atoms with Gasteiger partial charge in [0.2, 0.25) is 11.8 Å². The van der Waals surface area contributed by atoms with Gasteiger partial charge < -0.3 is 19.7 Å². The molecule has 48 heavy (non-hydrogen) atoms. The van der Waals surface area contributed by atoms with Gasteiger partial charge in [-0.2, -0.15) is 0 Å². The van der Waals surface area contributed by atoms with Crippen molar-refractivity contribution in [2.75, 3.05) is 31.6 Å². The quantitative estimate of drug-likeness (QED) is 0.172. The molecule has 0 aliphatic heterocycles. The minimum absolute atomic E-state index is 0.0474. The standard InChI is InChI=1S/C37H42FN3O6S/c1-26(2)23-39-37(43)33(21-28-12-7-6-8-13-28)40(24-29-14-10-9-11-27(29)3)36(42)25-41(31-17-15-30(38)16-18-31)48(44,45)32-19-20-34(46-4)35(22-32)47-5/h6-20,22,26,33H,21,23-25H2,1-5H3,(H,39,43). The molecule has 0 heterocycles. The van der Waals surface area contributed by atoms with Crippen molar-refractivity contribution in [2.45, 2.75) is 44.7 Å². The Hall–Kier alpha value is -4.90. The Morgan fingerprint density at radius 2 is 1.50 bits per heavy atom. The van der Waals surface area contributed by atoms with Crippen molar-refractivity contribution in [3.05, 3.63) is 120 Å². The van der Waals surface area contributed by atoms with Gasteiger partial charge in [-0.3, -0.25) is 13.9 Å². The van der Waals surface area contributed by atoms with Crippen molar-refractivity contribution in [1.29, 1.82) is 0 Å². The lowest BCUT2D eigenvalue weighted by atomic mass is 10.0. The Labute approximate surface area is 282 Å². The third kappa shape index (κ3) is 8.92. The molecule has 254 valence electrons. The number of halogens is 1. The number of carbonyl (C=O) groups excluding carboxylic acids is 2. The van der Waals surface area contributed by atoms with Crippen LogP contribution in [0.4, 0.5) is 10.1 Å². The van der Waals surface area contributed by atoms with Crippen molar-refractivity contribution in [3.8, 4) is 11.5 Å². The van der Waals surface area contributed by atoms with Gasteiger partial charge in [0.05, 0.1) is 24.8 Å². The van der Waals surface area contributed by atoms with Gasteiger partial charge in [0.25, 0.3) is 10.0 Å². The van der Waals surface area contributed by atoms with Crippen molar-refractivity contribution >= 4 is 27.5 Å². The lowest BCUT2D eigenvalue weighted by Gasteiger charge is -2.34. The van der Waals surface area contributed by atoms with Crippen LogP contribution in [0, 0.1) is 18.7 Å². The van der Waals surface area contributed by atoms with E-state index in [0.717, 1.165) is 33.1 Å². The maximum absolute atomic E-state index is 14.6. The zero-order valence-electron chi connectivity index (χ0n) is 27.9. The number of benzene rings is 4. The molecule has 1 unspecified atom stereocenters. The molecule has 2 amide bonds. The van der Waals surface area contributed by atoms with Crippen molar-refractivity contribution < 1.29 is 31.9 Å². The largest absolute Gasteiger partial charge is 0.493 e. The van der Waals surface area contributed by atoms with Gasteiger partial charge >= 0.3 is 0 Å². The summed E-state index contributed by atoms with van der Waals surface area (Å²) in [7, 11) is -1.62. The van der Waals surface area contributed by atoms with Gasteiger partial charge in [0.15, 0.2) is 11.5 Å². The summed E-state index contributed by atoms with van der Waals surface area (Å²) in [5.41, 5.74) is 2.61. The topological polar surface area (TPSA) is 105 Å². The number of hydrogen-bond donors (Lipinski definition) is 1. The van der Waals surface area contributed by atoms with E-state index in [1.807, 2.05) is 75.4 Å². The summed E-state index contributed by atoms with van der Waals surface area (Å²) in [4.78, 5) is 29.8. The number of carbonyl (C=O) groups is 2. The number of ether oxygens (including phenoxy) is 2. The van der Waals surface area contributed by atoms with Crippen LogP contribution in [-0.4, -0.2) is 58.5 Å². The van der Waals surface area contributed by atoms with Crippen LogP contribution in [-0.2, 0) is 32.6 Å². The second-order valence-corrected chi connectivity index (χ2v) is 13.7. The van der Waals surface area contributed by atoms with Crippen LogP contribution in [0.25, 0.3) is 0 Å². The minimum atomic E-state index is -4.43. The van der Waals surface area contributed by atoms with Crippen LogP contribution in [0.15, 0.2) is 102 Å². The SMILES string of the molecule is COc1ccc(S(=O)(=O)N(CC(=O)N(Cc2ccccc2C)C(Cc2ccccc2)C(=O)NCC(C)C)c2ccc(F)cc2)cc1OC. The third-order valence-electron chi connectivity index (χ3n) is 7.89. The summed E-state index contributed by atoms with van der Waals surface area (Å²) in [5.74, 6) is -0.888. The number of amides is 2. The summed E-state index contributed by atoms with van der Waals surface area (Å²) in [5, 5.41) is 2.98. The first-order valence-electron chi connectivity index (χ1n) is 15.6. The number of sulfonamides is 1. The molecule has 0 radical (unpaired) electrons. The molecule has 11 heteroatoms. The van der Waals surface area contributed by atoms with Gasteiger partial charge in [-0.1, -0.05) is 68.4 Å². The zero-order chi connectivity index (χ0) is 34.8. The van der Waals surface area contributed by atoms with Gasteiger partial charge in [-0.25, -0.2) is 12.8 Å². The average Bonchev–Trinajstić information content (AvgIpc) is 3.08. The van der Waals surface area contributed by atoms with E-state index in [1.54, 1.807) is 0 Å². The van der Waals surface area contributed by atoms with Crippen LogP contribution < -0.4 is 19.1 Å². The lowest BCUT2D eigenvalue weighted by Crippen LogP contribution is -2.53. The molecule has 1 atom stereocenters. The van der Waals surface area contributed by atoms with E-state index in [9.17, 15) is 22.4 Å². The fraction of sp³-hybridized carbons (Fsp3) is 0.297. The number of anilines is 1. The summed E-state index contributed by atoms with van der Waals surface area (Å²) in [6, 6.07) is 24.8. The van der Waals surface area contributed by atoms with Crippen LogP contribution >= 0.6 is 0 Å². The number of rotatable bonds is 15. The van der Waals surface area contributed by atoms with Gasteiger partial charge in [0.1, 0.15) is 18.4 Å². The molecule has 0 aromatic heterocycles. The molecule has 4 rings (SSSR count). The molecular formula is C37H42FN3O6S. The maximum atomic E-state index is 14.6. The van der Waals surface area contributed by atoms with Crippen LogP contribution in [0.3, 0.4) is 0 Å². The highest BCUT2D eigenvalue weighted by atomic mass is 32.2. The van der Waals surface area contributed by atoms with Crippen molar-refractivity contribution in [2.24, 2.45) is 5.92 Å². The Kier molecular flexibility index (Phi) is 12.2. The highest BCUT2D eigenvalue weighted by Crippen LogP contribution is 2.32. The van der Waals surface area contributed by atoms with E-state index in [4.69, 9.17) is 9.47 Å². The van der Waals surface area contributed by atoms with E-state index in [0.29, 0.717) is 12.3 Å². The van der Waals surface area contributed by atoms with Crippen LogP contribution in [0.5, 0.6) is 11.5 Å². The summed E-state index contributed by atoms with van der Waals surface area (Å²) >= 11 is 0. The number of nitrogens with zero attached hydrogens (tertiary/aromatic N) is 2. The predicted molar refractivity (Wildman–Crippen MR) is 184 cm³/mol. The average molecular weight is 676 g/mol. The number of methoxy groups -OCH3 is 2. The first kappa shape index (κ1) is 35.9. The number of aryl methyl sites for hydroxylation is 1. The summed E-state index contributed by atoms with van der Waals surface area (Å²) in [6.45, 7) is 5.63. The minimum Gasteiger partial charge on any atom is -0.493 e. The molecule has 4 aromatic carbocycles. The van der Waals surface area contributed by atoms with Gasteiger partial charge in [-0.05, 0) is 65.9 Å². The molecule has 0 spiro atoms. The molecule has 0 fully saturated rings. The van der Waals surface area contributed by atoms with Crippen molar-refractivity contribution in [3.63, 3.8) is 0 Å². The number of hydrogen-bond acceptors (Lipinski definition) is 6. The third-order valence-corrected chi connectivity index (χ3v) is 9.66. The maximum Gasteiger partial charge on any atom is 0.264 e. The fourth-order valence-electron chi connectivity index (χ4n) is 5.19. The molecule has 0 saturated carbocycles. The first-order chi connectivity index (χ1) is 22.9. The molecule has 0 saturated heterocycles. The number of nitrogens with one attached hydrogen (secondary N) is 1. The zero-order valence-corrected chi connectivity index (χ0v) is 28.7.